The first-order chi connectivity index (χ1) is 8.58. The van der Waals surface area contributed by atoms with Crippen LogP contribution in [0.5, 0.6) is 0 Å². The average Bonchev–Trinajstić information content (AvgIpc) is 2.34. The van der Waals surface area contributed by atoms with E-state index in [9.17, 15) is 9.18 Å². The van der Waals surface area contributed by atoms with E-state index in [0.29, 0.717) is 23.3 Å². The SMILES string of the molecule is C[C@H]1OCCN[C@@H]1C(=O)Nc1ccc(Br)c(F)c1. The number of hydrogen-bond acceptors (Lipinski definition) is 3. The minimum atomic E-state index is -0.412. The van der Waals surface area contributed by atoms with Crippen LogP contribution >= 0.6 is 15.9 Å². The highest BCUT2D eigenvalue weighted by Gasteiger charge is 2.28. The number of rotatable bonds is 2. The maximum Gasteiger partial charge on any atom is 0.244 e. The Balaban J connectivity index is 2.04. The fraction of sp³-hybridized carbons (Fsp3) is 0.417. The molecule has 0 saturated carbocycles. The van der Waals surface area contributed by atoms with Crippen molar-refractivity contribution in [3.8, 4) is 0 Å². The van der Waals surface area contributed by atoms with Crippen LogP contribution in [0.2, 0.25) is 0 Å². The van der Waals surface area contributed by atoms with Crippen LogP contribution in [0, 0.1) is 5.82 Å². The van der Waals surface area contributed by atoms with Crippen LogP contribution in [0.4, 0.5) is 10.1 Å². The number of morpholine rings is 1. The third-order valence-corrected chi connectivity index (χ3v) is 3.43. The van der Waals surface area contributed by atoms with Crippen LogP contribution < -0.4 is 10.6 Å². The minimum absolute atomic E-state index is 0.195. The normalized spacial score (nSPS) is 23.7. The molecular weight excluding hydrogens is 303 g/mol. The van der Waals surface area contributed by atoms with Crippen molar-refractivity contribution in [1.82, 2.24) is 5.32 Å². The van der Waals surface area contributed by atoms with Crippen molar-refractivity contribution in [2.45, 2.75) is 19.1 Å². The van der Waals surface area contributed by atoms with Gasteiger partial charge in [-0.2, -0.15) is 0 Å². The zero-order valence-corrected chi connectivity index (χ0v) is 11.5. The predicted octanol–water partition coefficient (Wildman–Crippen LogP) is 1.90. The van der Waals surface area contributed by atoms with Gasteiger partial charge in [0.05, 0.1) is 17.2 Å². The first kappa shape index (κ1) is 13.5. The highest BCUT2D eigenvalue weighted by Crippen LogP contribution is 2.19. The molecule has 98 valence electrons. The number of halogens is 2. The summed E-state index contributed by atoms with van der Waals surface area (Å²) in [5.41, 5.74) is 0.431. The molecule has 0 radical (unpaired) electrons. The van der Waals surface area contributed by atoms with E-state index in [-0.39, 0.29) is 12.0 Å². The first-order valence-corrected chi connectivity index (χ1v) is 6.48. The monoisotopic (exact) mass is 316 g/mol. The summed E-state index contributed by atoms with van der Waals surface area (Å²) in [6.45, 7) is 3.06. The van der Waals surface area contributed by atoms with E-state index in [1.807, 2.05) is 6.92 Å². The van der Waals surface area contributed by atoms with Crippen molar-refractivity contribution in [3.63, 3.8) is 0 Å². The summed E-state index contributed by atoms with van der Waals surface area (Å²) in [5, 5.41) is 5.74. The van der Waals surface area contributed by atoms with Crippen LogP contribution in [0.25, 0.3) is 0 Å². The smallest absolute Gasteiger partial charge is 0.244 e. The number of carbonyl (C=O) groups excluding carboxylic acids is 1. The zero-order chi connectivity index (χ0) is 13.1. The van der Waals surface area contributed by atoms with Crippen LogP contribution in [-0.2, 0) is 9.53 Å². The number of amides is 1. The first-order valence-electron chi connectivity index (χ1n) is 5.69. The van der Waals surface area contributed by atoms with Crippen LogP contribution in [-0.4, -0.2) is 31.2 Å². The Hall–Kier alpha value is -0.980. The van der Waals surface area contributed by atoms with Gasteiger partial charge in [0, 0.05) is 12.2 Å². The van der Waals surface area contributed by atoms with Gasteiger partial charge < -0.3 is 15.4 Å². The number of benzene rings is 1. The van der Waals surface area contributed by atoms with E-state index in [4.69, 9.17) is 4.74 Å². The lowest BCUT2D eigenvalue weighted by atomic mass is 10.1. The lowest BCUT2D eigenvalue weighted by Crippen LogP contribution is -2.53. The quantitative estimate of drug-likeness (QED) is 0.876. The minimum Gasteiger partial charge on any atom is -0.375 e. The fourth-order valence-corrected chi connectivity index (χ4v) is 2.07. The van der Waals surface area contributed by atoms with Gasteiger partial charge in [0.25, 0.3) is 0 Å². The van der Waals surface area contributed by atoms with Gasteiger partial charge in [-0.1, -0.05) is 0 Å². The molecule has 2 N–H and O–H groups in total. The highest BCUT2D eigenvalue weighted by atomic mass is 79.9. The Morgan fingerprint density at radius 3 is 3.06 bits per heavy atom. The Labute approximate surface area is 113 Å². The Morgan fingerprint density at radius 2 is 2.39 bits per heavy atom. The molecule has 1 aliphatic heterocycles. The van der Waals surface area contributed by atoms with E-state index in [1.165, 1.54) is 6.07 Å². The van der Waals surface area contributed by atoms with Crippen molar-refractivity contribution in [2.75, 3.05) is 18.5 Å². The third-order valence-electron chi connectivity index (χ3n) is 2.79. The van der Waals surface area contributed by atoms with Crippen LogP contribution in [0.1, 0.15) is 6.92 Å². The molecule has 0 spiro atoms. The van der Waals surface area contributed by atoms with Crippen molar-refractivity contribution < 1.29 is 13.9 Å². The van der Waals surface area contributed by atoms with Gasteiger partial charge in [-0.25, -0.2) is 4.39 Å². The van der Waals surface area contributed by atoms with Crippen molar-refractivity contribution in [2.24, 2.45) is 0 Å². The summed E-state index contributed by atoms with van der Waals surface area (Å²) in [4.78, 5) is 12.0. The lowest BCUT2D eigenvalue weighted by molar-refractivity contribution is -0.123. The van der Waals surface area contributed by atoms with E-state index >= 15 is 0 Å². The predicted molar refractivity (Wildman–Crippen MR) is 69.9 cm³/mol. The maximum absolute atomic E-state index is 13.3. The second kappa shape index (κ2) is 5.77. The van der Waals surface area contributed by atoms with Gasteiger partial charge >= 0.3 is 0 Å². The Morgan fingerprint density at radius 1 is 1.61 bits per heavy atom. The van der Waals surface area contributed by atoms with Crippen molar-refractivity contribution in [1.29, 1.82) is 0 Å². The van der Waals surface area contributed by atoms with Gasteiger partial charge in [0.2, 0.25) is 5.91 Å². The van der Waals surface area contributed by atoms with Gasteiger partial charge in [-0.05, 0) is 41.1 Å². The van der Waals surface area contributed by atoms with Gasteiger partial charge in [0.1, 0.15) is 11.9 Å². The van der Waals surface area contributed by atoms with Crippen molar-refractivity contribution >= 4 is 27.5 Å². The van der Waals surface area contributed by atoms with E-state index in [0.717, 1.165) is 0 Å². The number of carbonyl (C=O) groups is 1. The summed E-state index contributed by atoms with van der Waals surface area (Å²) >= 11 is 3.06. The number of anilines is 1. The molecule has 2 rings (SSSR count). The molecule has 1 fully saturated rings. The summed E-state index contributed by atoms with van der Waals surface area (Å²) in [5.74, 6) is -0.627. The summed E-state index contributed by atoms with van der Waals surface area (Å²) in [7, 11) is 0. The van der Waals surface area contributed by atoms with Gasteiger partial charge in [0.15, 0.2) is 0 Å². The zero-order valence-electron chi connectivity index (χ0n) is 9.87. The molecule has 1 heterocycles. The average molecular weight is 317 g/mol. The molecule has 1 amide bonds. The number of ether oxygens (including phenoxy) is 1. The molecule has 18 heavy (non-hydrogen) atoms. The molecular formula is C12H14BrFN2O2. The molecule has 1 aliphatic rings. The highest BCUT2D eigenvalue weighted by molar-refractivity contribution is 9.10. The third kappa shape index (κ3) is 3.07. The summed E-state index contributed by atoms with van der Waals surface area (Å²) in [6, 6.07) is 4.06. The van der Waals surface area contributed by atoms with E-state index in [2.05, 4.69) is 26.6 Å². The fourth-order valence-electron chi connectivity index (χ4n) is 1.82. The van der Waals surface area contributed by atoms with Gasteiger partial charge in [-0.15, -0.1) is 0 Å². The molecule has 0 aliphatic carbocycles. The maximum atomic E-state index is 13.3. The largest absolute Gasteiger partial charge is 0.375 e. The van der Waals surface area contributed by atoms with E-state index < -0.39 is 11.9 Å². The molecule has 0 bridgehead atoms. The number of hydrogen-bond donors (Lipinski definition) is 2. The Kier molecular flexibility index (Phi) is 4.31. The lowest BCUT2D eigenvalue weighted by Gasteiger charge is -2.29. The second-order valence-corrected chi connectivity index (χ2v) is 4.98. The van der Waals surface area contributed by atoms with Crippen LogP contribution in [0.15, 0.2) is 22.7 Å². The molecule has 0 unspecified atom stereocenters. The van der Waals surface area contributed by atoms with E-state index in [1.54, 1.807) is 12.1 Å². The molecule has 1 saturated heterocycles. The molecule has 0 aromatic heterocycles. The summed E-state index contributed by atoms with van der Waals surface area (Å²) < 4.78 is 19.1. The summed E-state index contributed by atoms with van der Waals surface area (Å²) in [6.07, 6.45) is -0.195. The molecule has 1 aromatic rings. The van der Waals surface area contributed by atoms with Gasteiger partial charge in [-0.3, -0.25) is 4.79 Å². The van der Waals surface area contributed by atoms with Crippen molar-refractivity contribution in [3.05, 3.63) is 28.5 Å². The molecule has 1 aromatic carbocycles. The standard InChI is InChI=1S/C12H14BrFN2O2/c1-7-11(15-4-5-18-7)12(17)16-8-2-3-9(13)10(14)6-8/h2-3,6-7,11,15H,4-5H2,1H3,(H,16,17)/t7-,11+/m1/s1. The topological polar surface area (TPSA) is 50.4 Å². The molecule has 4 nitrogen and oxygen atoms in total. The second-order valence-electron chi connectivity index (χ2n) is 4.13. The Bertz CT molecular complexity index is 456. The molecule has 2 atom stereocenters. The van der Waals surface area contributed by atoms with Crippen LogP contribution in [0.3, 0.4) is 0 Å². The number of nitrogens with one attached hydrogen (secondary N) is 2. The molecule has 6 heteroatoms.